The number of guanidine groups is 1. The zero-order chi connectivity index (χ0) is 18.2. The normalized spacial score (nSPS) is 13.5. The second-order valence-corrected chi connectivity index (χ2v) is 5.22. The van der Waals surface area contributed by atoms with Crippen molar-refractivity contribution in [1.82, 2.24) is 10.6 Å². The third kappa shape index (κ3) is 6.27. The summed E-state index contributed by atoms with van der Waals surface area (Å²) < 4.78 is 49.5. The molecular weight excluding hydrogens is 323 g/mol. The Kier molecular flexibility index (Phi) is 7.84. The highest BCUT2D eigenvalue weighted by molar-refractivity contribution is 5.80. The second kappa shape index (κ2) is 9.36. The van der Waals surface area contributed by atoms with Crippen LogP contribution in [0.2, 0.25) is 0 Å². The summed E-state index contributed by atoms with van der Waals surface area (Å²) in [6.45, 7) is 4.73. The number of rotatable bonds is 7. The SMILES string of the molecule is CCNC(=NCc1ccc(OC)cc1C(F)(F)F)NC(C)COC. The zero-order valence-corrected chi connectivity index (χ0v) is 14.3. The fourth-order valence-electron chi connectivity index (χ4n) is 2.09. The Bertz CT molecular complexity index is 548. The van der Waals surface area contributed by atoms with E-state index in [1.807, 2.05) is 13.8 Å². The summed E-state index contributed by atoms with van der Waals surface area (Å²) in [6.07, 6.45) is -4.46. The molecule has 1 rings (SSSR count). The Morgan fingerprint density at radius 1 is 1.29 bits per heavy atom. The van der Waals surface area contributed by atoms with E-state index in [4.69, 9.17) is 9.47 Å². The van der Waals surface area contributed by atoms with Gasteiger partial charge in [-0.3, -0.25) is 0 Å². The van der Waals surface area contributed by atoms with Crippen molar-refractivity contribution in [1.29, 1.82) is 0 Å². The lowest BCUT2D eigenvalue weighted by molar-refractivity contribution is -0.138. The van der Waals surface area contributed by atoms with Crippen LogP contribution in [0.1, 0.15) is 25.0 Å². The van der Waals surface area contributed by atoms with Gasteiger partial charge in [-0.25, -0.2) is 4.99 Å². The minimum atomic E-state index is -4.46. The molecule has 2 N–H and O–H groups in total. The monoisotopic (exact) mass is 347 g/mol. The molecule has 5 nitrogen and oxygen atoms in total. The summed E-state index contributed by atoms with van der Waals surface area (Å²) in [5.74, 6) is 0.597. The van der Waals surface area contributed by atoms with E-state index in [2.05, 4.69) is 15.6 Å². The van der Waals surface area contributed by atoms with E-state index >= 15 is 0 Å². The van der Waals surface area contributed by atoms with Crippen LogP contribution in [0.5, 0.6) is 5.75 Å². The molecule has 0 fully saturated rings. The van der Waals surface area contributed by atoms with E-state index in [0.717, 1.165) is 6.07 Å². The number of methoxy groups -OCH3 is 2. The third-order valence-electron chi connectivity index (χ3n) is 3.17. The molecule has 0 heterocycles. The van der Waals surface area contributed by atoms with Gasteiger partial charge in [0.05, 0.1) is 25.8 Å². The molecule has 1 unspecified atom stereocenters. The maximum absolute atomic E-state index is 13.2. The lowest BCUT2D eigenvalue weighted by Gasteiger charge is -2.18. The largest absolute Gasteiger partial charge is 0.497 e. The van der Waals surface area contributed by atoms with Gasteiger partial charge in [0.2, 0.25) is 0 Å². The Morgan fingerprint density at radius 2 is 2.00 bits per heavy atom. The van der Waals surface area contributed by atoms with Crippen LogP contribution in [0.15, 0.2) is 23.2 Å². The summed E-state index contributed by atoms with van der Waals surface area (Å²) in [6, 6.07) is 3.84. The molecule has 0 aliphatic heterocycles. The molecule has 0 radical (unpaired) electrons. The Labute approximate surface area is 140 Å². The molecule has 0 spiro atoms. The minimum Gasteiger partial charge on any atom is -0.497 e. The van der Waals surface area contributed by atoms with Crippen LogP contribution in [-0.4, -0.2) is 39.4 Å². The van der Waals surface area contributed by atoms with Crippen molar-refractivity contribution in [2.45, 2.75) is 32.6 Å². The molecule has 1 atom stereocenters. The van der Waals surface area contributed by atoms with E-state index in [9.17, 15) is 13.2 Å². The second-order valence-electron chi connectivity index (χ2n) is 5.22. The van der Waals surface area contributed by atoms with E-state index < -0.39 is 11.7 Å². The first-order valence-electron chi connectivity index (χ1n) is 7.59. The average molecular weight is 347 g/mol. The number of halogens is 3. The predicted molar refractivity (Wildman–Crippen MR) is 87.3 cm³/mol. The van der Waals surface area contributed by atoms with Crippen molar-refractivity contribution in [3.8, 4) is 5.75 Å². The molecule has 0 saturated carbocycles. The molecule has 1 aromatic rings. The number of aliphatic imine (C=N–C) groups is 1. The number of hydrogen-bond acceptors (Lipinski definition) is 3. The first kappa shape index (κ1) is 20.1. The van der Waals surface area contributed by atoms with Crippen LogP contribution in [0.3, 0.4) is 0 Å². The number of nitrogens with zero attached hydrogens (tertiary/aromatic N) is 1. The number of benzene rings is 1. The van der Waals surface area contributed by atoms with Gasteiger partial charge in [0.1, 0.15) is 5.75 Å². The van der Waals surface area contributed by atoms with Gasteiger partial charge >= 0.3 is 6.18 Å². The molecule has 24 heavy (non-hydrogen) atoms. The van der Waals surface area contributed by atoms with E-state index in [-0.39, 0.29) is 23.9 Å². The van der Waals surface area contributed by atoms with Crippen molar-refractivity contribution in [2.75, 3.05) is 27.4 Å². The quantitative estimate of drug-likeness (QED) is 0.588. The van der Waals surface area contributed by atoms with Crippen molar-refractivity contribution >= 4 is 5.96 Å². The van der Waals surface area contributed by atoms with Crippen molar-refractivity contribution < 1.29 is 22.6 Å². The molecule has 0 bridgehead atoms. The molecule has 0 saturated heterocycles. The lowest BCUT2D eigenvalue weighted by Crippen LogP contribution is -2.43. The molecule has 0 aliphatic rings. The number of alkyl halides is 3. The fourth-order valence-corrected chi connectivity index (χ4v) is 2.09. The van der Waals surface area contributed by atoms with Crippen LogP contribution in [0.25, 0.3) is 0 Å². The van der Waals surface area contributed by atoms with Gasteiger partial charge in [-0.15, -0.1) is 0 Å². The predicted octanol–water partition coefficient (Wildman–Crippen LogP) is 2.80. The third-order valence-corrected chi connectivity index (χ3v) is 3.17. The van der Waals surface area contributed by atoms with Gasteiger partial charge < -0.3 is 20.1 Å². The Morgan fingerprint density at radius 3 is 2.54 bits per heavy atom. The van der Waals surface area contributed by atoms with E-state index in [1.165, 1.54) is 19.2 Å². The molecular formula is C16H24F3N3O2. The Hall–Kier alpha value is -1.96. The van der Waals surface area contributed by atoms with Gasteiger partial charge in [0, 0.05) is 19.7 Å². The molecule has 1 aromatic carbocycles. The first-order chi connectivity index (χ1) is 11.3. The highest BCUT2D eigenvalue weighted by Crippen LogP contribution is 2.34. The van der Waals surface area contributed by atoms with Gasteiger partial charge in [0.15, 0.2) is 5.96 Å². The summed E-state index contributed by atoms with van der Waals surface area (Å²) in [5.41, 5.74) is -0.661. The van der Waals surface area contributed by atoms with Gasteiger partial charge in [-0.2, -0.15) is 13.2 Å². The maximum Gasteiger partial charge on any atom is 0.416 e. The molecule has 0 aromatic heterocycles. The zero-order valence-electron chi connectivity index (χ0n) is 14.3. The van der Waals surface area contributed by atoms with Crippen LogP contribution in [0, 0.1) is 0 Å². The number of nitrogens with one attached hydrogen (secondary N) is 2. The summed E-state index contributed by atoms with van der Waals surface area (Å²) in [4.78, 5) is 4.23. The highest BCUT2D eigenvalue weighted by atomic mass is 19.4. The topological polar surface area (TPSA) is 54.9 Å². The first-order valence-corrected chi connectivity index (χ1v) is 7.59. The van der Waals surface area contributed by atoms with Gasteiger partial charge in [-0.1, -0.05) is 6.07 Å². The number of hydrogen-bond donors (Lipinski definition) is 2. The summed E-state index contributed by atoms with van der Waals surface area (Å²) >= 11 is 0. The molecule has 136 valence electrons. The van der Waals surface area contributed by atoms with E-state index in [1.54, 1.807) is 7.11 Å². The standard InChI is InChI=1S/C16H24F3N3O2/c1-5-20-15(22-11(2)10-23-3)21-9-12-6-7-13(24-4)8-14(12)16(17,18)19/h6-8,11H,5,9-10H2,1-4H3,(H2,20,21,22). The van der Waals surface area contributed by atoms with Crippen LogP contribution < -0.4 is 15.4 Å². The molecule has 0 amide bonds. The minimum absolute atomic E-state index is 0.0225. The molecule has 0 aliphatic carbocycles. The van der Waals surface area contributed by atoms with Crippen LogP contribution in [-0.2, 0) is 17.5 Å². The lowest BCUT2D eigenvalue weighted by atomic mass is 10.1. The maximum atomic E-state index is 13.2. The molecule has 8 heteroatoms. The van der Waals surface area contributed by atoms with Gasteiger partial charge in [0.25, 0.3) is 0 Å². The smallest absolute Gasteiger partial charge is 0.416 e. The Balaban J connectivity index is 2.99. The van der Waals surface area contributed by atoms with Crippen molar-refractivity contribution in [2.24, 2.45) is 4.99 Å². The van der Waals surface area contributed by atoms with Crippen molar-refractivity contribution in [3.05, 3.63) is 29.3 Å². The summed E-state index contributed by atoms with van der Waals surface area (Å²) in [5, 5.41) is 6.08. The van der Waals surface area contributed by atoms with E-state index in [0.29, 0.717) is 19.1 Å². The number of ether oxygens (including phenoxy) is 2. The van der Waals surface area contributed by atoms with Crippen LogP contribution in [0.4, 0.5) is 13.2 Å². The average Bonchev–Trinajstić information content (AvgIpc) is 2.52. The van der Waals surface area contributed by atoms with Gasteiger partial charge in [-0.05, 0) is 31.5 Å². The highest BCUT2D eigenvalue weighted by Gasteiger charge is 2.33. The fraction of sp³-hybridized carbons (Fsp3) is 0.562. The summed E-state index contributed by atoms with van der Waals surface area (Å²) in [7, 11) is 2.91. The van der Waals surface area contributed by atoms with Crippen LogP contribution >= 0.6 is 0 Å². The van der Waals surface area contributed by atoms with Crippen molar-refractivity contribution in [3.63, 3.8) is 0 Å².